The second-order valence-corrected chi connectivity index (χ2v) is 6.55. The number of nitrogens with zero attached hydrogens (tertiary/aromatic N) is 1. The second-order valence-electron chi connectivity index (χ2n) is 6.55. The van der Waals surface area contributed by atoms with E-state index in [1.165, 1.54) is 29.4 Å². The quantitative estimate of drug-likeness (QED) is 0.587. The number of hydrogen-bond acceptors (Lipinski definition) is 2. The minimum atomic E-state index is 0.136. The number of nitrogen functional groups attached to an aromatic ring is 1. The first-order chi connectivity index (χ1) is 10.6. The first kappa shape index (κ1) is 15.1. The van der Waals surface area contributed by atoms with Gasteiger partial charge in [0.1, 0.15) is 5.84 Å². The molecule has 0 spiro atoms. The number of aromatic nitrogens is 1. The van der Waals surface area contributed by atoms with Gasteiger partial charge in [0.2, 0.25) is 0 Å². The first-order valence-electron chi connectivity index (χ1n) is 8.28. The van der Waals surface area contributed by atoms with Crippen molar-refractivity contribution in [2.75, 3.05) is 6.54 Å². The molecule has 4 nitrogen and oxygen atoms in total. The predicted molar refractivity (Wildman–Crippen MR) is 92.5 cm³/mol. The SMILES string of the molecule is CCn1c(CC[C@H]2C[C@H](C)CN2)cc2ccc(C(=N)N)cc21. The van der Waals surface area contributed by atoms with Crippen LogP contribution in [0.2, 0.25) is 0 Å². The van der Waals surface area contributed by atoms with E-state index in [0.717, 1.165) is 31.0 Å². The molecule has 1 fully saturated rings. The van der Waals surface area contributed by atoms with E-state index in [-0.39, 0.29) is 5.84 Å². The van der Waals surface area contributed by atoms with Crippen molar-refractivity contribution in [2.24, 2.45) is 11.7 Å². The number of amidine groups is 1. The van der Waals surface area contributed by atoms with Gasteiger partial charge in [0.15, 0.2) is 0 Å². The van der Waals surface area contributed by atoms with Gasteiger partial charge in [0.25, 0.3) is 0 Å². The first-order valence-corrected chi connectivity index (χ1v) is 8.28. The Labute approximate surface area is 132 Å². The summed E-state index contributed by atoms with van der Waals surface area (Å²) in [6.07, 6.45) is 3.59. The van der Waals surface area contributed by atoms with Crippen LogP contribution in [0.4, 0.5) is 0 Å². The highest BCUT2D eigenvalue weighted by atomic mass is 15.0. The fourth-order valence-electron chi connectivity index (χ4n) is 3.62. The van der Waals surface area contributed by atoms with Crippen LogP contribution in [-0.4, -0.2) is 23.0 Å². The number of fused-ring (bicyclic) bond motifs is 1. The number of nitrogens with two attached hydrogens (primary N) is 1. The minimum Gasteiger partial charge on any atom is -0.384 e. The summed E-state index contributed by atoms with van der Waals surface area (Å²) in [5.41, 5.74) is 9.01. The monoisotopic (exact) mass is 298 g/mol. The Balaban J connectivity index is 1.84. The van der Waals surface area contributed by atoms with Gasteiger partial charge in [0, 0.05) is 29.4 Å². The van der Waals surface area contributed by atoms with Crippen LogP contribution in [0.3, 0.4) is 0 Å². The molecule has 1 aliphatic rings. The average Bonchev–Trinajstić information content (AvgIpc) is 3.06. The van der Waals surface area contributed by atoms with Crippen molar-refractivity contribution in [3.8, 4) is 0 Å². The molecule has 0 radical (unpaired) electrons. The van der Waals surface area contributed by atoms with Gasteiger partial charge in [-0.2, -0.15) is 0 Å². The van der Waals surface area contributed by atoms with Gasteiger partial charge in [-0.3, -0.25) is 5.41 Å². The van der Waals surface area contributed by atoms with Gasteiger partial charge >= 0.3 is 0 Å². The third-order valence-electron chi connectivity index (χ3n) is 4.81. The highest BCUT2D eigenvalue weighted by molar-refractivity contribution is 5.98. The van der Waals surface area contributed by atoms with Gasteiger partial charge < -0.3 is 15.6 Å². The van der Waals surface area contributed by atoms with E-state index in [1.807, 2.05) is 12.1 Å². The number of nitrogens with one attached hydrogen (secondary N) is 2. The molecule has 1 aromatic heterocycles. The lowest BCUT2D eigenvalue weighted by molar-refractivity contribution is 0.534. The Bertz CT molecular complexity index is 686. The fraction of sp³-hybridized carbons (Fsp3) is 0.500. The molecule has 1 aliphatic heterocycles. The highest BCUT2D eigenvalue weighted by Crippen LogP contribution is 2.24. The Morgan fingerprint density at radius 1 is 1.41 bits per heavy atom. The zero-order chi connectivity index (χ0) is 15.7. The van der Waals surface area contributed by atoms with Crippen LogP contribution < -0.4 is 11.1 Å². The number of benzene rings is 1. The maximum absolute atomic E-state index is 7.62. The van der Waals surface area contributed by atoms with E-state index in [0.29, 0.717) is 6.04 Å². The summed E-state index contributed by atoms with van der Waals surface area (Å²) in [5, 5.41) is 12.5. The van der Waals surface area contributed by atoms with Crippen molar-refractivity contribution in [2.45, 2.75) is 45.7 Å². The summed E-state index contributed by atoms with van der Waals surface area (Å²) < 4.78 is 2.36. The van der Waals surface area contributed by atoms with Crippen LogP contribution in [0, 0.1) is 11.3 Å². The molecule has 2 aromatic rings. The van der Waals surface area contributed by atoms with Crippen LogP contribution in [0.15, 0.2) is 24.3 Å². The van der Waals surface area contributed by atoms with Gasteiger partial charge in [-0.25, -0.2) is 0 Å². The number of rotatable bonds is 5. The smallest absolute Gasteiger partial charge is 0.122 e. The molecule has 4 heteroatoms. The maximum Gasteiger partial charge on any atom is 0.122 e. The molecule has 1 aromatic carbocycles. The maximum atomic E-state index is 7.62. The van der Waals surface area contributed by atoms with E-state index in [2.05, 4.69) is 35.9 Å². The van der Waals surface area contributed by atoms with Crippen molar-refractivity contribution < 1.29 is 0 Å². The molecular formula is C18H26N4. The summed E-state index contributed by atoms with van der Waals surface area (Å²) >= 11 is 0. The van der Waals surface area contributed by atoms with Gasteiger partial charge in [-0.1, -0.05) is 19.1 Å². The zero-order valence-electron chi connectivity index (χ0n) is 13.5. The summed E-state index contributed by atoms with van der Waals surface area (Å²) in [5.74, 6) is 0.941. The summed E-state index contributed by atoms with van der Waals surface area (Å²) in [4.78, 5) is 0. The minimum absolute atomic E-state index is 0.136. The Hall–Kier alpha value is -1.81. The number of hydrogen-bond donors (Lipinski definition) is 3. The molecular weight excluding hydrogens is 272 g/mol. The van der Waals surface area contributed by atoms with Crippen LogP contribution >= 0.6 is 0 Å². The Morgan fingerprint density at radius 3 is 2.86 bits per heavy atom. The summed E-state index contributed by atoms with van der Waals surface area (Å²) in [7, 11) is 0. The lowest BCUT2D eigenvalue weighted by Crippen LogP contribution is -2.22. The molecule has 4 N–H and O–H groups in total. The van der Waals surface area contributed by atoms with Crippen molar-refractivity contribution in [3.63, 3.8) is 0 Å². The van der Waals surface area contributed by atoms with E-state index in [4.69, 9.17) is 11.1 Å². The molecule has 0 saturated carbocycles. The topological polar surface area (TPSA) is 66.8 Å². The lowest BCUT2D eigenvalue weighted by atomic mass is 10.0. The molecule has 0 amide bonds. The third kappa shape index (κ3) is 2.88. The molecule has 1 saturated heterocycles. The lowest BCUT2D eigenvalue weighted by Gasteiger charge is -2.12. The van der Waals surface area contributed by atoms with Gasteiger partial charge in [-0.05, 0) is 56.2 Å². The standard InChI is InChI=1S/C18H26N4/c1-3-22-16(7-6-15-8-12(2)11-21-15)9-13-4-5-14(18(19)20)10-17(13)22/h4-5,9-10,12,15,21H,3,6-8,11H2,1-2H3,(H3,19,20)/t12-,15-/m0/s1. The zero-order valence-corrected chi connectivity index (χ0v) is 13.5. The Kier molecular flexibility index (Phi) is 4.21. The summed E-state index contributed by atoms with van der Waals surface area (Å²) in [6.45, 7) is 6.61. The normalized spacial score (nSPS) is 21.5. The van der Waals surface area contributed by atoms with Gasteiger partial charge in [0.05, 0.1) is 0 Å². The fourth-order valence-corrected chi connectivity index (χ4v) is 3.62. The predicted octanol–water partition coefficient (Wildman–Crippen LogP) is 2.88. The number of aryl methyl sites for hydroxylation is 2. The molecule has 3 rings (SSSR count). The van der Waals surface area contributed by atoms with E-state index in [9.17, 15) is 0 Å². The molecule has 0 bridgehead atoms. The highest BCUT2D eigenvalue weighted by Gasteiger charge is 2.20. The van der Waals surface area contributed by atoms with E-state index >= 15 is 0 Å². The Morgan fingerprint density at radius 2 is 2.23 bits per heavy atom. The van der Waals surface area contributed by atoms with Crippen LogP contribution in [0.5, 0.6) is 0 Å². The molecule has 0 unspecified atom stereocenters. The van der Waals surface area contributed by atoms with Gasteiger partial charge in [-0.15, -0.1) is 0 Å². The van der Waals surface area contributed by atoms with Crippen molar-refractivity contribution in [1.29, 1.82) is 5.41 Å². The van der Waals surface area contributed by atoms with Crippen molar-refractivity contribution >= 4 is 16.7 Å². The largest absolute Gasteiger partial charge is 0.384 e. The van der Waals surface area contributed by atoms with Crippen LogP contribution in [-0.2, 0) is 13.0 Å². The average molecular weight is 298 g/mol. The second kappa shape index (κ2) is 6.13. The van der Waals surface area contributed by atoms with E-state index < -0.39 is 0 Å². The summed E-state index contributed by atoms with van der Waals surface area (Å²) in [6, 6.07) is 9.01. The van der Waals surface area contributed by atoms with Crippen molar-refractivity contribution in [1.82, 2.24) is 9.88 Å². The molecule has 118 valence electrons. The molecule has 22 heavy (non-hydrogen) atoms. The van der Waals surface area contributed by atoms with E-state index in [1.54, 1.807) is 0 Å². The third-order valence-corrected chi connectivity index (χ3v) is 4.81. The van der Waals surface area contributed by atoms with Crippen LogP contribution in [0.1, 0.15) is 37.9 Å². The van der Waals surface area contributed by atoms with Crippen molar-refractivity contribution in [3.05, 3.63) is 35.5 Å². The molecule has 2 heterocycles. The molecule has 0 aliphatic carbocycles. The van der Waals surface area contributed by atoms with Crippen LogP contribution in [0.25, 0.3) is 10.9 Å². The molecule has 2 atom stereocenters.